The van der Waals surface area contributed by atoms with Crippen LogP contribution in [0, 0.1) is 12.7 Å². The van der Waals surface area contributed by atoms with E-state index in [1.165, 1.54) is 22.4 Å². The molecule has 2 aromatic carbocycles. The number of aryl methyl sites for hydroxylation is 1. The minimum absolute atomic E-state index is 0.144. The van der Waals surface area contributed by atoms with Crippen LogP contribution >= 0.6 is 0 Å². The van der Waals surface area contributed by atoms with Gasteiger partial charge < -0.3 is 4.90 Å². The molecule has 0 N–H and O–H groups in total. The van der Waals surface area contributed by atoms with Crippen LogP contribution in [0.2, 0.25) is 0 Å². The fourth-order valence-electron chi connectivity index (χ4n) is 4.67. The van der Waals surface area contributed by atoms with Gasteiger partial charge in [-0.3, -0.25) is 9.78 Å². The summed E-state index contributed by atoms with van der Waals surface area (Å²) >= 11 is 0. The summed E-state index contributed by atoms with van der Waals surface area (Å²) in [6, 6.07) is 21.7. The summed E-state index contributed by atoms with van der Waals surface area (Å²) in [6.07, 6.45) is 9.89. The standard InChI is InChI=1S/C18H15F.C13H18N2O.C2H6/c1-13-11-15(9-10-18(13)19)17-8-7-16(12-17)14-5-3-2-4-6-14;1-2-13(16)15-9-6-11(7-10-15)12-5-3-4-8-14-12;1-2/h2-6,8-12H,7H2,1H3;3-5,8,11H,2,6-7,9-10H2,1H3;1-2H3. The number of likely N-dealkylation sites (tertiary alicyclic amines) is 1. The molecule has 0 saturated carbocycles. The third-order valence-electron chi connectivity index (χ3n) is 6.76. The zero-order valence-electron chi connectivity index (χ0n) is 22.6. The van der Waals surface area contributed by atoms with Crippen molar-refractivity contribution in [2.75, 3.05) is 13.1 Å². The lowest BCUT2D eigenvalue weighted by Gasteiger charge is -2.31. The number of carbonyl (C=O) groups excluding carboxylic acids is 1. The van der Waals surface area contributed by atoms with Crippen LogP contribution in [-0.2, 0) is 4.79 Å². The second kappa shape index (κ2) is 14.3. The number of piperidine rings is 1. The molecule has 4 heteroatoms. The monoisotopic (exact) mass is 498 g/mol. The number of nitrogens with zero attached hydrogens (tertiary/aromatic N) is 2. The first-order valence-electron chi connectivity index (χ1n) is 13.5. The largest absolute Gasteiger partial charge is 0.343 e. The van der Waals surface area contributed by atoms with Crippen LogP contribution in [0.3, 0.4) is 0 Å². The lowest BCUT2D eigenvalue weighted by Crippen LogP contribution is -2.37. The molecule has 1 aromatic heterocycles. The molecule has 1 aliphatic heterocycles. The van der Waals surface area contributed by atoms with Gasteiger partial charge in [-0.2, -0.15) is 0 Å². The summed E-state index contributed by atoms with van der Waals surface area (Å²) in [4.78, 5) is 17.9. The Morgan fingerprint density at radius 2 is 1.68 bits per heavy atom. The van der Waals surface area contributed by atoms with Crippen molar-refractivity contribution in [2.45, 2.75) is 59.3 Å². The molecule has 2 aliphatic rings. The number of rotatable bonds is 4. The Hall–Kier alpha value is -3.53. The molecule has 0 spiro atoms. The Labute approximate surface area is 221 Å². The van der Waals surface area contributed by atoms with Gasteiger partial charge in [0.25, 0.3) is 0 Å². The van der Waals surface area contributed by atoms with Crippen LogP contribution in [0.5, 0.6) is 0 Å². The SMILES string of the molecule is CC.CCC(=O)N1CCC(c2ccccn2)CC1.Cc1cc(C2=CCC(c3ccccc3)=C2)ccc1F. The lowest BCUT2D eigenvalue weighted by atomic mass is 9.93. The normalized spacial score (nSPS) is 15.0. The smallest absolute Gasteiger partial charge is 0.222 e. The van der Waals surface area contributed by atoms with Gasteiger partial charge in [-0.05, 0) is 78.3 Å². The fraction of sp³-hybridized carbons (Fsp3) is 0.333. The second-order valence-corrected chi connectivity index (χ2v) is 9.13. The van der Waals surface area contributed by atoms with Gasteiger partial charge in [0.15, 0.2) is 0 Å². The van der Waals surface area contributed by atoms with E-state index in [1.54, 1.807) is 13.0 Å². The van der Waals surface area contributed by atoms with Gasteiger partial charge in [0.2, 0.25) is 5.91 Å². The van der Waals surface area contributed by atoms with Crippen molar-refractivity contribution in [3.8, 4) is 0 Å². The molecule has 0 unspecified atom stereocenters. The highest BCUT2D eigenvalue weighted by molar-refractivity contribution is 5.89. The molecule has 5 rings (SSSR count). The van der Waals surface area contributed by atoms with Crippen molar-refractivity contribution in [2.24, 2.45) is 0 Å². The van der Waals surface area contributed by atoms with E-state index < -0.39 is 0 Å². The number of benzene rings is 2. The predicted molar refractivity (Wildman–Crippen MR) is 153 cm³/mol. The highest BCUT2D eigenvalue weighted by Crippen LogP contribution is 2.32. The van der Waals surface area contributed by atoms with E-state index >= 15 is 0 Å². The van der Waals surface area contributed by atoms with Crippen LogP contribution < -0.4 is 0 Å². The molecule has 194 valence electrons. The molecule has 1 saturated heterocycles. The summed E-state index contributed by atoms with van der Waals surface area (Å²) in [5.41, 5.74) is 6.71. The molecular formula is C33H39FN2O. The van der Waals surface area contributed by atoms with Crippen molar-refractivity contribution in [3.05, 3.63) is 113 Å². The van der Waals surface area contributed by atoms with Gasteiger partial charge in [-0.25, -0.2) is 4.39 Å². The number of carbonyl (C=O) groups is 1. The summed E-state index contributed by atoms with van der Waals surface area (Å²) < 4.78 is 13.3. The van der Waals surface area contributed by atoms with Crippen LogP contribution in [0.4, 0.5) is 4.39 Å². The van der Waals surface area contributed by atoms with Crippen LogP contribution in [0.15, 0.2) is 85.1 Å². The first-order valence-corrected chi connectivity index (χ1v) is 13.5. The summed E-state index contributed by atoms with van der Waals surface area (Å²) in [7, 11) is 0. The van der Waals surface area contributed by atoms with E-state index in [9.17, 15) is 9.18 Å². The first-order chi connectivity index (χ1) is 18.0. The van der Waals surface area contributed by atoms with Gasteiger partial charge in [0.05, 0.1) is 0 Å². The number of allylic oxidation sites excluding steroid dienone is 4. The second-order valence-electron chi connectivity index (χ2n) is 9.13. The molecule has 0 bridgehead atoms. The van der Waals surface area contributed by atoms with Crippen LogP contribution in [-0.4, -0.2) is 28.9 Å². The van der Waals surface area contributed by atoms with Gasteiger partial charge in [0, 0.05) is 37.3 Å². The summed E-state index contributed by atoms with van der Waals surface area (Å²) in [6.45, 7) is 9.49. The van der Waals surface area contributed by atoms with Gasteiger partial charge in [0.1, 0.15) is 5.82 Å². The van der Waals surface area contributed by atoms with Crippen molar-refractivity contribution in [3.63, 3.8) is 0 Å². The average Bonchev–Trinajstić information content (AvgIpc) is 3.47. The molecule has 1 aliphatic carbocycles. The molecule has 1 amide bonds. The first kappa shape index (κ1) is 28.0. The van der Waals surface area contributed by atoms with Gasteiger partial charge in [-0.1, -0.05) is 75.4 Å². The van der Waals surface area contributed by atoms with E-state index in [1.807, 2.05) is 62.2 Å². The van der Waals surface area contributed by atoms with Crippen molar-refractivity contribution < 1.29 is 9.18 Å². The van der Waals surface area contributed by atoms with Crippen LogP contribution in [0.25, 0.3) is 11.1 Å². The maximum absolute atomic E-state index is 13.3. The number of pyridine rings is 1. The molecule has 0 atom stereocenters. The third kappa shape index (κ3) is 7.72. The molecule has 2 heterocycles. The highest BCUT2D eigenvalue weighted by Gasteiger charge is 2.23. The van der Waals surface area contributed by atoms with Crippen molar-refractivity contribution in [1.29, 1.82) is 0 Å². The molecular weight excluding hydrogens is 459 g/mol. The van der Waals surface area contributed by atoms with E-state index in [-0.39, 0.29) is 11.7 Å². The Balaban J connectivity index is 0.000000195. The molecule has 0 radical (unpaired) electrons. The number of halogens is 1. The zero-order chi connectivity index (χ0) is 26.6. The Bertz CT molecular complexity index is 1190. The number of amides is 1. The molecule has 37 heavy (non-hydrogen) atoms. The van der Waals surface area contributed by atoms with Crippen LogP contribution in [0.1, 0.15) is 74.8 Å². The summed E-state index contributed by atoms with van der Waals surface area (Å²) in [5.74, 6) is 0.663. The minimum Gasteiger partial charge on any atom is -0.343 e. The predicted octanol–water partition coefficient (Wildman–Crippen LogP) is 8.23. The van der Waals surface area contributed by atoms with Gasteiger partial charge >= 0.3 is 0 Å². The van der Waals surface area contributed by atoms with E-state index in [0.717, 1.165) is 37.9 Å². The highest BCUT2D eigenvalue weighted by atomic mass is 19.1. The minimum atomic E-state index is -0.144. The topological polar surface area (TPSA) is 33.2 Å². The maximum atomic E-state index is 13.3. The molecule has 3 nitrogen and oxygen atoms in total. The number of aromatic nitrogens is 1. The Kier molecular flexibility index (Phi) is 10.8. The average molecular weight is 499 g/mol. The fourth-order valence-corrected chi connectivity index (χ4v) is 4.67. The molecule has 3 aromatic rings. The Morgan fingerprint density at radius 3 is 2.30 bits per heavy atom. The zero-order valence-corrected chi connectivity index (χ0v) is 22.6. The quantitative estimate of drug-likeness (QED) is 0.363. The third-order valence-corrected chi connectivity index (χ3v) is 6.76. The summed E-state index contributed by atoms with van der Waals surface area (Å²) in [5, 5.41) is 0. The van der Waals surface area contributed by atoms with E-state index in [4.69, 9.17) is 0 Å². The van der Waals surface area contributed by atoms with Crippen molar-refractivity contribution >= 4 is 17.1 Å². The maximum Gasteiger partial charge on any atom is 0.222 e. The number of hydrogen-bond donors (Lipinski definition) is 0. The van der Waals surface area contributed by atoms with Crippen molar-refractivity contribution in [1.82, 2.24) is 9.88 Å². The lowest BCUT2D eigenvalue weighted by molar-refractivity contribution is -0.131. The molecule has 1 fully saturated rings. The van der Waals surface area contributed by atoms with Gasteiger partial charge in [-0.15, -0.1) is 0 Å². The Morgan fingerprint density at radius 1 is 0.973 bits per heavy atom. The van der Waals surface area contributed by atoms with E-state index in [2.05, 4.69) is 47.5 Å². The number of hydrogen-bond acceptors (Lipinski definition) is 2. The van der Waals surface area contributed by atoms with E-state index in [0.29, 0.717) is 17.9 Å².